The number of nitrogens with one attached hydrogen (secondary N) is 1. The molecule has 1 aromatic heterocycles. The number of benzene rings is 1. The Labute approximate surface area is 117 Å². The molecule has 0 aliphatic rings. The van der Waals surface area contributed by atoms with Crippen LogP contribution in [0.2, 0.25) is 5.02 Å². The third kappa shape index (κ3) is 3.27. The summed E-state index contributed by atoms with van der Waals surface area (Å²) < 4.78 is 1.99. The first kappa shape index (κ1) is 13.4. The van der Waals surface area contributed by atoms with E-state index in [1.54, 1.807) is 24.7 Å². The van der Waals surface area contributed by atoms with Crippen LogP contribution in [-0.4, -0.2) is 9.55 Å². The normalized spacial score (nSPS) is 11.8. The maximum Gasteiger partial charge on any atom is 0.156 e. The number of anilines is 1. The van der Waals surface area contributed by atoms with Crippen LogP contribution in [0, 0.1) is 11.3 Å². The molecule has 0 aliphatic carbocycles. The third-order valence-corrected chi connectivity index (χ3v) is 3.00. The zero-order valence-corrected chi connectivity index (χ0v) is 11.4. The van der Waals surface area contributed by atoms with Crippen LogP contribution in [0.1, 0.15) is 25.1 Å². The summed E-state index contributed by atoms with van der Waals surface area (Å²) in [7, 11) is 0. The summed E-state index contributed by atoms with van der Waals surface area (Å²) in [6.07, 6.45) is 4.47. The lowest BCUT2D eigenvalue weighted by Gasteiger charge is -2.15. The third-order valence-electron chi connectivity index (χ3n) is 2.77. The fourth-order valence-corrected chi connectivity index (χ4v) is 2.11. The maximum atomic E-state index is 9.33. The fourth-order valence-electron chi connectivity index (χ4n) is 1.92. The molecule has 5 heteroatoms. The Balaban J connectivity index is 2.21. The Hall–Kier alpha value is -1.99. The van der Waals surface area contributed by atoms with Crippen LogP contribution in [-0.2, 0) is 6.54 Å². The molecular formula is C14H15ClN4. The molecule has 0 saturated heterocycles. The number of aryl methyl sites for hydroxylation is 1. The highest BCUT2D eigenvalue weighted by Gasteiger charge is 2.15. The minimum Gasteiger partial charge on any atom is -0.365 e. The highest BCUT2D eigenvalue weighted by molar-refractivity contribution is 6.30. The van der Waals surface area contributed by atoms with Gasteiger partial charge in [-0.3, -0.25) is 0 Å². The monoisotopic (exact) mass is 274 g/mol. The van der Waals surface area contributed by atoms with Crippen molar-refractivity contribution >= 4 is 17.3 Å². The van der Waals surface area contributed by atoms with E-state index in [1.807, 2.05) is 16.7 Å². The van der Waals surface area contributed by atoms with Crippen molar-refractivity contribution in [2.45, 2.75) is 25.9 Å². The molecule has 0 spiro atoms. The van der Waals surface area contributed by atoms with Gasteiger partial charge in [0.1, 0.15) is 0 Å². The van der Waals surface area contributed by atoms with E-state index in [0.29, 0.717) is 5.02 Å². The summed E-state index contributed by atoms with van der Waals surface area (Å²) in [6, 6.07) is 9.15. The van der Waals surface area contributed by atoms with Gasteiger partial charge in [-0.15, -0.1) is 0 Å². The topological polar surface area (TPSA) is 53.6 Å². The average molecular weight is 275 g/mol. The quantitative estimate of drug-likeness (QED) is 0.906. The van der Waals surface area contributed by atoms with Crippen LogP contribution in [0.3, 0.4) is 0 Å². The zero-order chi connectivity index (χ0) is 13.7. The molecule has 98 valence electrons. The predicted octanol–water partition coefficient (Wildman–Crippen LogP) is 3.62. The number of nitriles is 1. The van der Waals surface area contributed by atoms with E-state index in [1.165, 1.54) is 0 Å². The molecule has 0 fully saturated rings. The van der Waals surface area contributed by atoms with Crippen molar-refractivity contribution in [3.05, 3.63) is 47.5 Å². The van der Waals surface area contributed by atoms with Gasteiger partial charge in [-0.25, -0.2) is 4.98 Å². The molecule has 4 nitrogen and oxygen atoms in total. The van der Waals surface area contributed by atoms with Gasteiger partial charge in [-0.2, -0.15) is 5.26 Å². The number of halogens is 1. The summed E-state index contributed by atoms with van der Waals surface area (Å²) in [5, 5.41) is 13.1. The Morgan fingerprint density at radius 1 is 1.53 bits per heavy atom. The van der Waals surface area contributed by atoms with E-state index in [0.717, 1.165) is 24.3 Å². The molecule has 0 bridgehead atoms. The van der Waals surface area contributed by atoms with E-state index >= 15 is 0 Å². The number of nitrogens with zero attached hydrogens (tertiary/aromatic N) is 3. The van der Waals surface area contributed by atoms with Crippen molar-refractivity contribution < 1.29 is 0 Å². The van der Waals surface area contributed by atoms with Gasteiger partial charge in [-0.1, -0.05) is 24.6 Å². The highest BCUT2D eigenvalue weighted by atomic mass is 35.5. The van der Waals surface area contributed by atoms with Crippen molar-refractivity contribution in [3.8, 4) is 6.07 Å². The van der Waals surface area contributed by atoms with Crippen molar-refractivity contribution in [3.63, 3.8) is 0 Å². The van der Waals surface area contributed by atoms with Crippen molar-refractivity contribution in [1.29, 1.82) is 5.26 Å². The molecule has 1 aromatic carbocycles. The second kappa shape index (κ2) is 6.26. The lowest BCUT2D eigenvalue weighted by Crippen LogP contribution is -2.13. The predicted molar refractivity (Wildman–Crippen MR) is 75.9 cm³/mol. The smallest absolute Gasteiger partial charge is 0.156 e. The molecule has 0 saturated carbocycles. The lowest BCUT2D eigenvalue weighted by atomic mass is 10.2. The van der Waals surface area contributed by atoms with Gasteiger partial charge in [0.2, 0.25) is 0 Å². The highest BCUT2D eigenvalue weighted by Crippen LogP contribution is 2.21. The number of hydrogen-bond acceptors (Lipinski definition) is 3. The minimum atomic E-state index is -0.437. The van der Waals surface area contributed by atoms with Gasteiger partial charge in [0.25, 0.3) is 0 Å². The minimum absolute atomic E-state index is 0.437. The zero-order valence-electron chi connectivity index (χ0n) is 10.7. The first-order valence-electron chi connectivity index (χ1n) is 6.16. The number of imidazole rings is 1. The molecule has 2 rings (SSSR count). The Morgan fingerprint density at radius 2 is 2.37 bits per heavy atom. The summed E-state index contributed by atoms with van der Waals surface area (Å²) in [6.45, 7) is 2.94. The second-order valence-corrected chi connectivity index (χ2v) is 4.67. The molecule has 0 aliphatic heterocycles. The average Bonchev–Trinajstić information content (AvgIpc) is 2.85. The summed E-state index contributed by atoms with van der Waals surface area (Å²) in [4.78, 5) is 4.11. The molecule has 1 N–H and O–H groups in total. The van der Waals surface area contributed by atoms with Gasteiger partial charge in [-0.05, 0) is 24.6 Å². The van der Waals surface area contributed by atoms with Crippen LogP contribution >= 0.6 is 11.6 Å². The molecular weight excluding hydrogens is 260 g/mol. The molecule has 0 amide bonds. The number of hydrogen-bond donors (Lipinski definition) is 1. The van der Waals surface area contributed by atoms with Gasteiger partial charge < -0.3 is 9.88 Å². The van der Waals surface area contributed by atoms with Crippen LogP contribution in [0.5, 0.6) is 0 Å². The molecule has 19 heavy (non-hydrogen) atoms. The maximum absolute atomic E-state index is 9.33. The van der Waals surface area contributed by atoms with Crippen LogP contribution in [0.25, 0.3) is 0 Å². The van der Waals surface area contributed by atoms with Gasteiger partial charge in [0.05, 0.1) is 24.3 Å². The second-order valence-electron chi connectivity index (χ2n) is 4.23. The van der Waals surface area contributed by atoms with E-state index < -0.39 is 6.04 Å². The molecule has 1 heterocycles. The molecule has 0 radical (unpaired) electrons. The molecule has 1 unspecified atom stereocenters. The molecule has 1 atom stereocenters. The van der Waals surface area contributed by atoms with Crippen LogP contribution in [0.4, 0.5) is 5.69 Å². The van der Waals surface area contributed by atoms with Crippen molar-refractivity contribution in [2.24, 2.45) is 0 Å². The summed E-state index contributed by atoms with van der Waals surface area (Å²) in [5.41, 5.74) is 1.69. The Bertz CT molecular complexity index is 585. The Morgan fingerprint density at radius 3 is 3.05 bits per heavy atom. The summed E-state index contributed by atoms with van der Waals surface area (Å²) >= 11 is 5.94. The SMILES string of the molecule is CCCn1cncc1C(C#N)Nc1cccc(Cl)c1. The van der Waals surface area contributed by atoms with E-state index in [9.17, 15) is 5.26 Å². The Kier molecular flexibility index (Phi) is 4.43. The van der Waals surface area contributed by atoms with Gasteiger partial charge >= 0.3 is 0 Å². The first-order chi connectivity index (χ1) is 9.24. The summed E-state index contributed by atoms with van der Waals surface area (Å²) in [5.74, 6) is 0. The number of rotatable bonds is 5. The number of aromatic nitrogens is 2. The van der Waals surface area contributed by atoms with E-state index in [-0.39, 0.29) is 0 Å². The van der Waals surface area contributed by atoms with E-state index in [2.05, 4.69) is 23.3 Å². The van der Waals surface area contributed by atoms with Crippen LogP contribution in [0.15, 0.2) is 36.8 Å². The largest absolute Gasteiger partial charge is 0.365 e. The fraction of sp³-hybridized carbons (Fsp3) is 0.286. The first-order valence-corrected chi connectivity index (χ1v) is 6.54. The molecule has 2 aromatic rings. The van der Waals surface area contributed by atoms with Crippen molar-refractivity contribution in [1.82, 2.24) is 9.55 Å². The van der Waals surface area contributed by atoms with Crippen molar-refractivity contribution in [2.75, 3.05) is 5.32 Å². The van der Waals surface area contributed by atoms with Gasteiger partial charge in [0.15, 0.2) is 6.04 Å². The van der Waals surface area contributed by atoms with Gasteiger partial charge in [0, 0.05) is 17.3 Å². The standard InChI is InChI=1S/C14H15ClN4/c1-2-6-19-10-17-9-14(19)13(8-16)18-12-5-3-4-11(15)7-12/h3-5,7,9-10,13,18H,2,6H2,1H3. The lowest BCUT2D eigenvalue weighted by molar-refractivity contribution is 0.640. The van der Waals surface area contributed by atoms with Crippen LogP contribution < -0.4 is 5.32 Å². The van der Waals surface area contributed by atoms with E-state index in [4.69, 9.17) is 11.6 Å².